The second kappa shape index (κ2) is 6.33. The van der Waals surface area contributed by atoms with E-state index in [9.17, 15) is 27.9 Å². The van der Waals surface area contributed by atoms with Crippen molar-refractivity contribution in [2.24, 2.45) is 0 Å². The molecule has 0 radical (unpaired) electrons. The molecule has 2 aliphatic rings. The van der Waals surface area contributed by atoms with Gasteiger partial charge in [0.25, 0.3) is 5.91 Å². The minimum Gasteiger partial charge on any atom is -0.480 e. The molecule has 1 atom stereocenters. The van der Waals surface area contributed by atoms with E-state index in [-0.39, 0.29) is 6.61 Å². The van der Waals surface area contributed by atoms with Crippen LogP contribution < -0.4 is 0 Å². The van der Waals surface area contributed by atoms with Gasteiger partial charge in [0.1, 0.15) is 5.72 Å². The molecule has 8 heteroatoms. The lowest BCUT2D eigenvalue weighted by Gasteiger charge is -2.41. The van der Waals surface area contributed by atoms with Crippen molar-refractivity contribution in [1.29, 1.82) is 0 Å². The standard InChI is InChI=1S/C17H18F3NO4/c18-17(19,20)12-7-3-2-6-11(12)14(22)21-13(15(23)24)10-25-16(21)8-4-1-5-9-16/h2-3,6-7,13H,1,4-5,8-10H2,(H,23,24). The average Bonchev–Trinajstić information content (AvgIpc) is 2.93. The van der Waals surface area contributed by atoms with E-state index in [1.165, 1.54) is 12.1 Å². The van der Waals surface area contributed by atoms with Crippen molar-refractivity contribution in [2.45, 2.75) is 50.0 Å². The van der Waals surface area contributed by atoms with Crippen molar-refractivity contribution in [3.63, 3.8) is 0 Å². The van der Waals surface area contributed by atoms with Crippen molar-refractivity contribution >= 4 is 11.9 Å². The molecule has 1 N–H and O–H groups in total. The maximum atomic E-state index is 13.3. The second-order valence-electron chi connectivity index (χ2n) is 6.39. The Morgan fingerprint density at radius 1 is 1.16 bits per heavy atom. The number of ether oxygens (including phenoxy) is 1. The Morgan fingerprint density at radius 3 is 2.40 bits per heavy atom. The third-order valence-corrected chi connectivity index (χ3v) is 4.86. The summed E-state index contributed by atoms with van der Waals surface area (Å²) in [7, 11) is 0. The average molecular weight is 357 g/mol. The molecule has 1 aliphatic heterocycles. The fraction of sp³-hybridized carbons (Fsp3) is 0.529. The van der Waals surface area contributed by atoms with Crippen molar-refractivity contribution in [3.8, 4) is 0 Å². The van der Waals surface area contributed by atoms with E-state index in [1.54, 1.807) is 0 Å². The van der Waals surface area contributed by atoms with Gasteiger partial charge in [0, 0.05) is 0 Å². The number of aliphatic carboxylic acids is 1. The topological polar surface area (TPSA) is 66.8 Å². The van der Waals surface area contributed by atoms with E-state index in [1.807, 2.05) is 0 Å². The summed E-state index contributed by atoms with van der Waals surface area (Å²) in [6, 6.07) is 3.16. The number of carbonyl (C=O) groups is 2. The number of hydrogen-bond acceptors (Lipinski definition) is 3. The zero-order valence-electron chi connectivity index (χ0n) is 13.4. The molecule has 3 rings (SSSR count). The Labute approximate surface area is 142 Å². The van der Waals surface area contributed by atoms with Crippen molar-refractivity contribution in [3.05, 3.63) is 35.4 Å². The summed E-state index contributed by atoms with van der Waals surface area (Å²) in [6.07, 6.45) is -1.46. The van der Waals surface area contributed by atoms with Gasteiger partial charge in [-0.25, -0.2) is 4.79 Å². The van der Waals surface area contributed by atoms with Gasteiger partial charge < -0.3 is 9.84 Å². The smallest absolute Gasteiger partial charge is 0.417 e. The first-order chi connectivity index (χ1) is 11.8. The van der Waals surface area contributed by atoms with Crippen LogP contribution in [0.5, 0.6) is 0 Å². The third kappa shape index (κ3) is 3.10. The predicted octanol–water partition coefficient (Wildman–Crippen LogP) is 3.29. The van der Waals surface area contributed by atoms with Gasteiger partial charge in [0.15, 0.2) is 6.04 Å². The minimum atomic E-state index is -4.70. The van der Waals surface area contributed by atoms with Gasteiger partial charge in [-0.3, -0.25) is 9.69 Å². The Hall–Kier alpha value is -2.09. The number of carboxylic acid groups (broad SMARTS) is 1. The van der Waals surface area contributed by atoms with E-state index in [0.29, 0.717) is 12.8 Å². The van der Waals surface area contributed by atoms with Crippen LogP contribution in [0.2, 0.25) is 0 Å². The van der Waals surface area contributed by atoms with E-state index in [2.05, 4.69) is 0 Å². The molecule has 1 unspecified atom stereocenters. The number of benzene rings is 1. The van der Waals surface area contributed by atoms with Crippen LogP contribution in [0.25, 0.3) is 0 Å². The molecule has 1 heterocycles. The maximum Gasteiger partial charge on any atom is 0.417 e. The van der Waals surface area contributed by atoms with Crippen LogP contribution in [0.15, 0.2) is 24.3 Å². The fourth-order valence-corrected chi connectivity index (χ4v) is 3.71. The van der Waals surface area contributed by atoms with Crippen LogP contribution in [-0.4, -0.2) is 40.3 Å². The lowest BCUT2D eigenvalue weighted by Crippen LogP contribution is -2.54. The molecular weight excluding hydrogens is 339 g/mol. The number of halogens is 3. The maximum absolute atomic E-state index is 13.3. The number of rotatable bonds is 2. The van der Waals surface area contributed by atoms with Crippen LogP contribution >= 0.6 is 0 Å². The monoisotopic (exact) mass is 357 g/mol. The Balaban J connectivity index is 2.05. The van der Waals surface area contributed by atoms with E-state index < -0.39 is 40.9 Å². The molecule has 136 valence electrons. The fourth-order valence-electron chi connectivity index (χ4n) is 3.71. The first-order valence-electron chi connectivity index (χ1n) is 8.13. The summed E-state index contributed by atoms with van der Waals surface area (Å²) in [5, 5.41) is 9.43. The molecule has 0 aromatic heterocycles. The van der Waals surface area contributed by atoms with Gasteiger partial charge in [0.05, 0.1) is 17.7 Å². The third-order valence-electron chi connectivity index (χ3n) is 4.86. The van der Waals surface area contributed by atoms with Gasteiger partial charge in [-0.1, -0.05) is 18.6 Å². The summed E-state index contributed by atoms with van der Waals surface area (Å²) in [4.78, 5) is 25.6. The first-order valence-corrected chi connectivity index (χ1v) is 8.13. The summed E-state index contributed by atoms with van der Waals surface area (Å²) in [5.41, 5.74) is -2.74. The highest BCUT2D eigenvalue weighted by atomic mass is 19.4. The summed E-state index contributed by atoms with van der Waals surface area (Å²) >= 11 is 0. The number of hydrogen-bond donors (Lipinski definition) is 1. The van der Waals surface area contributed by atoms with E-state index >= 15 is 0 Å². The van der Waals surface area contributed by atoms with Gasteiger partial charge in [-0.2, -0.15) is 13.2 Å². The quantitative estimate of drug-likeness (QED) is 0.882. The van der Waals surface area contributed by atoms with Gasteiger partial charge in [-0.15, -0.1) is 0 Å². The van der Waals surface area contributed by atoms with Crippen LogP contribution in [0.1, 0.15) is 48.0 Å². The molecule has 1 spiro atoms. The number of carbonyl (C=O) groups excluding carboxylic acids is 1. The molecule has 0 bridgehead atoms. The van der Waals surface area contributed by atoms with Gasteiger partial charge in [-0.05, 0) is 37.8 Å². The SMILES string of the molecule is O=C(O)C1COC2(CCCCC2)N1C(=O)c1ccccc1C(F)(F)F. The highest BCUT2D eigenvalue weighted by Gasteiger charge is 2.54. The number of amides is 1. The van der Waals surface area contributed by atoms with E-state index in [4.69, 9.17) is 4.74 Å². The molecule has 2 fully saturated rings. The van der Waals surface area contributed by atoms with Crippen molar-refractivity contribution in [2.75, 3.05) is 6.61 Å². The molecule has 5 nitrogen and oxygen atoms in total. The van der Waals surface area contributed by atoms with Crippen LogP contribution in [0.4, 0.5) is 13.2 Å². The van der Waals surface area contributed by atoms with Crippen molar-refractivity contribution in [1.82, 2.24) is 4.90 Å². The van der Waals surface area contributed by atoms with Crippen LogP contribution in [0.3, 0.4) is 0 Å². The summed E-state index contributed by atoms with van der Waals surface area (Å²) < 4.78 is 45.5. The highest BCUT2D eigenvalue weighted by Crippen LogP contribution is 2.42. The molecule has 1 saturated carbocycles. The van der Waals surface area contributed by atoms with Crippen LogP contribution in [-0.2, 0) is 15.7 Å². The van der Waals surface area contributed by atoms with Crippen LogP contribution in [0, 0.1) is 0 Å². The molecule has 25 heavy (non-hydrogen) atoms. The molecule has 1 aromatic rings. The minimum absolute atomic E-state index is 0.213. The molecule has 1 aromatic carbocycles. The number of nitrogens with zero attached hydrogens (tertiary/aromatic N) is 1. The zero-order valence-corrected chi connectivity index (χ0v) is 13.4. The molecule has 1 aliphatic carbocycles. The lowest BCUT2D eigenvalue weighted by molar-refractivity contribution is -0.143. The molecule has 1 amide bonds. The number of carboxylic acids is 1. The van der Waals surface area contributed by atoms with E-state index in [0.717, 1.165) is 36.3 Å². The second-order valence-corrected chi connectivity index (χ2v) is 6.39. The summed E-state index contributed by atoms with van der Waals surface area (Å²) in [6.45, 7) is -0.213. The Morgan fingerprint density at radius 2 is 1.80 bits per heavy atom. The first kappa shape index (κ1) is 17.7. The lowest BCUT2D eigenvalue weighted by atomic mass is 9.89. The predicted molar refractivity (Wildman–Crippen MR) is 80.8 cm³/mol. The molecule has 1 saturated heterocycles. The van der Waals surface area contributed by atoms with Crippen molar-refractivity contribution < 1.29 is 32.6 Å². The van der Waals surface area contributed by atoms with Gasteiger partial charge in [0.2, 0.25) is 0 Å². The zero-order chi connectivity index (χ0) is 18.2. The summed E-state index contributed by atoms with van der Waals surface area (Å²) in [5.74, 6) is -2.22. The Kier molecular flexibility index (Phi) is 4.49. The highest BCUT2D eigenvalue weighted by molar-refractivity contribution is 5.98. The molecular formula is C17H18F3NO4. The normalized spacial score (nSPS) is 23.0. The largest absolute Gasteiger partial charge is 0.480 e. The Bertz CT molecular complexity index is 683. The van der Waals surface area contributed by atoms with Gasteiger partial charge >= 0.3 is 12.1 Å². The number of alkyl halides is 3.